The molecule has 1 heterocycles. The van der Waals surface area contributed by atoms with E-state index in [1.54, 1.807) is 6.07 Å². The molecule has 0 aliphatic carbocycles. The van der Waals surface area contributed by atoms with Crippen LogP contribution in [0, 0.1) is 0 Å². The topological polar surface area (TPSA) is 57.4 Å². The molecule has 2 rings (SSSR count). The maximum Gasteiger partial charge on any atom is 0.272 e. The summed E-state index contributed by atoms with van der Waals surface area (Å²) in [7, 11) is 4.00. The molecular formula is C15H17Br2N3O2. The number of aromatic amines is 1. The quantitative estimate of drug-likeness (QED) is 0.733. The Labute approximate surface area is 146 Å². The number of rotatable bonds is 6. The third-order valence-electron chi connectivity index (χ3n) is 2.89. The van der Waals surface area contributed by atoms with Crippen molar-refractivity contribution in [1.82, 2.24) is 9.88 Å². The highest BCUT2D eigenvalue weighted by Crippen LogP contribution is 2.24. The lowest BCUT2D eigenvalue weighted by Crippen LogP contribution is -2.19. The zero-order valence-electron chi connectivity index (χ0n) is 12.3. The summed E-state index contributed by atoms with van der Waals surface area (Å²) < 4.78 is 7.15. The molecule has 0 bridgehead atoms. The number of nitrogens with zero attached hydrogens (tertiary/aromatic N) is 1. The number of ether oxygens (including phenoxy) is 1. The molecule has 0 fully saturated rings. The van der Waals surface area contributed by atoms with Gasteiger partial charge in [-0.25, -0.2) is 0 Å². The van der Waals surface area contributed by atoms with Crippen LogP contribution < -0.4 is 10.1 Å². The molecule has 0 aliphatic heterocycles. The van der Waals surface area contributed by atoms with Crippen molar-refractivity contribution >= 4 is 43.5 Å². The van der Waals surface area contributed by atoms with E-state index in [1.165, 1.54) is 0 Å². The molecule has 1 aromatic carbocycles. The summed E-state index contributed by atoms with van der Waals surface area (Å²) in [5, 5.41) is 2.82. The van der Waals surface area contributed by atoms with E-state index in [-0.39, 0.29) is 5.91 Å². The molecule has 5 nitrogen and oxygen atoms in total. The maximum atomic E-state index is 12.1. The number of halogens is 2. The van der Waals surface area contributed by atoms with Gasteiger partial charge in [-0.1, -0.05) is 0 Å². The molecule has 0 unspecified atom stereocenters. The summed E-state index contributed by atoms with van der Waals surface area (Å²) in [5.41, 5.74) is 1.19. The first-order valence-electron chi connectivity index (χ1n) is 6.68. The van der Waals surface area contributed by atoms with Crippen LogP contribution in [0.5, 0.6) is 5.75 Å². The minimum atomic E-state index is -0.201. The van der Waals surface area contributed by atoms with E-state index in [4.69, 9.17) is 4.74 Å². The van der Waals surface area contributed by atoms with Crippen LogP contribution in [0.25, 0.3) is 0 Å². The molecule has 0 atom stereocenters. The molecule has 7 heteroatoms. The van der Waals surface area contributed by atoms with Crippen LogP contribution in [0.15, 0.2) is 39.4 Å². The number of likely N-dealkylation sites (N-methyl/N-ethyl adjacent to an activating group) is 1. The summed E-state index contributed by atoms with van der Waals surface area (Å²) in [6.45, 7) is 1.48. The van der Waals surface area contributed by atoms with E-state index in [0.29, 0.717) is 18.0 Å². The summed E-state index contributed by atoms with van der Waals surface area (Å²) in [4.78, 5) is 17.1. The van der Waals surface area contributed by atoms with E-state index in [1.807, 2.05) is 38.4 Å². The van der Waals surface area contributed by atoms with E-state index in [0.717, 1.165) is 21.4 Å². The number of benzene rings is 1. The SMILES string of the molecule is CN(C)CCOc1ccc(NC(=O)c2cc(Br)c(Br)[nH]2)cc1. The first-order chi connectivity index (χ1) is 10.5. The second kappa shape index (κ2) is 7.80. The molecule has 0 saturated carbocycles. The largest absolute Gasteiger partial charge is 0.492 e. The molecule has 2 N–H and O–H groups in total. The van der Waals surface area contributed by atoms with Gasteiger partial charge in [-0.3, -0.25) is 4.79 Å². The first-order valence-corrected chi connectivity index (χ1v) is 8.27. The number of anilines is 1. The van der Waals surface area contributed by atoms with Crippen molar-refractivity contribution in [2.45, 2.75) is 0 Å². The molecule has 1 aromatic heterocycles. The van der Waals surface area contributed by atoms with Gasteiger partial charge in [-0.15, -0.1) is 0 Å². The molecular weight excluding hydrogens is 414 g/mol. The Kier molecular flexibility index (Phi) is 6.05. The third-order valence-corrected chi connectivity index (χ3v) is 4.67. The van der Waals surface area contributed by atoms with E-state index in [2.05, 4.69) is 47.1 Å². The van der Waals surface area contributed by atoms with Crippen molar-refractivity contribution in [3.8, 4) is 5.75 Å². The Bertz CT molecular complexity index is 619. The van der Waals surface area contributed by atoms with Gasteiger partial charge in [0.2, 0.25) is 0 Å². The number of aromatic nitrogens is 1. The molecule has 0 saturated heterocycles. The number of amides is 1. The Morgan fingerprint density at radius 3 is 2.50 bits per heavy atom. The van der Waals surface area contributed by atoms with Gasteiger partial charge in [-0.05, 0) is 76.3 Å². The average molecular weight is 431 g/mol. The van der Waals surface area contributed by atoms with Gasteiger partial charge in [0.05, 0.1) is 9.08 Å². The van der Waals surface area contributed by atoms with Crippen LogP contribution in [-0.4, -0.2) is 43.0 Å². The maximum absolute atomic E-state index is 12.1. The highest BCUT2D eigenvalue weighted by atomic mass is 79.9. The number of hydrogen-bond acceptors (Lipinski definition) is 3. The van der Waals surface area contributed by atoms with E-state index < -0.39 is 0 Å². The molecule has 118 valence electrons. The fourth-order valence-electron chi connectivity index (χ4n) is 1.71. The lowest BCUT2D eigenvalue weighted by molar-refractivity contribution is 0.102. The van der Waals surface area contributed by atoms with Crippen LogP contribution in [0.1, 0.15) is 10.5 Å². The molecule has 0 radical (unpaired) electrons. The van der Waals surface area contributed by atoms with Crippen LogP contribution in [0.4, 0.5) is 5.69 Å². The van der Waals surface area contributed by atoms with E-state index >= 15 is 0 Å². The van der Waals surface area contributed by atoms with Gasteiger partial charge in [0.15, 0.2) is 0 Å². The van der Waals surface area contributed by atoms with Crippen molar-refractivity contribution in [1.29, 1.82) is 0 Å². The molecule has 0 spiro atoms. The summed E-state index contributed by atoms with van der Waals surface area (Å²) in [5.74, 6) is 0.581. The predicted octanol–water partition coefficient (Wildman–Crippen LogP) is 3.73. The number of carbonyl (C=O) groups is 1. The van der Waals surface area contributed by atoms with Crippen molar-refractivity contribution in [2.24, 2.45) is 0 Å². The highest BCUT2D eigenvalue weighted by Gasteiger charge is 2.11. The molecule has 0 aliphatic rings. The van der Waals surface area contributed by atoms with Gasteiger partial charge in [-0.2, -0.15) is 0 Å². The van der Waals surface area contributed by atoms with Crippen molar-refractivity contribution in [3.05, 3.63) is 45.1 Å². The highest BCUT2D eigenvalue weighted by molar-refractivity contribution is 9.13. The number of hydrogen-bond donors (Lipinski definition) is 2. The lowest BCUT2D eigenvalue weighted by atomic mass is 10.3. The van der Waals surface area contributed by atoms with Gasteiger partial charge in [0.1, 0.15) is 18.1 Å². The van der Waals surface area contributed by atoms with E-state index in [9.17, 15) is 4.79 Å². The van der Waals surface area contributed by atoms with Crippen molar-refractivity contribution in [3.63, 3.8) is 0 Å². The minimum Gasteiger partial charge on any atom is -0.492 e. The fraction of sp³-hybridized carbons (Fsp3) is 0.267. The minimum absolute atomic E-state index is 0.201. The standard InChI is InChI=1S/C15H17Br2N3O2/c1-20(2)7-8-22-11-5-3-10(4-6-11)18-15(21)13-9-12(16)14(17)19-13/h3-6,9,19H,7-8H2,1-2H3,(H,18,21). The van der Waals surface area contributed by atoms with Crippen LogP contribution in [0.2, 0.25) is 0 Å². The van der Waals surface area contributed by atoms with Crippen LogP contribution >= 0.6 is 31.9 Å². The van der Waals surface area contributed by atoms with Gasteiger partial charge >= 0.3 is 0 Å². The lowest BCUT2D eigenvalue weighted by Gasteiger charge is -2.11. The zero-order valence-corrected chi connectivity index (χ0v) is 15.5. The van der Waals surface area contributed by atoms with Gasteiger partial charge in [0.25, 0.3) is 5.91 Å². The monoisotopic (exact) mass is 429 g/mol. The van der Waals surface area contributed by atoms with Crippen molar-refractivity contribution in [2.75, 3.05) is 32.6 Å². The van der Waals surface area contributed by atoms with Gasteiger partial charge < -0.3 is 19.9 Å². The normalized spacial score (nSPS) is 10.8. The Hall–Kier alpha value is -1.31. The number of nitrogens with one attached hydrogen (secondary N) is 2. The summed E-state index contributed by atoms with van der Waals surface area (Å²) in [6, 6.07) is 9.03. The number of carbonyl (C=O) groups excluding carboxylic acids is 1. The van der Waals surface area contributed by atoms with Crippen molar-refractivity contribution < 1.29 is 9.53 Å². The first kappa shape index (κ1) is 17.1. The molecule has 2 aromatic rings. The summed E-state index contributed by atoms with van der Waals surface area (Å²) in [6.07, 6.45) is 0. The average Bonchev–Trinajstić information content (AvgIpc) is 2.80. The van der Waals surface area contributed by atoms with Gasteiger partial charge in [0, 0.05) is 12.2 Å². The second-order valence-corrected chi connectivity index (χ2v) is 6.62. The Balaban J connectivity index is 1.92. The summed E-state index contributed by atoms with van der Waals surface area (Å²) >= 11 is 6.65. The fourth-order valence-corrected chi connectivity index (χ4v) is 2.36. The van der Waals surface area contributed by atoms with Crippen LogP contribution in [0.3, 0.4) is 0 Å². The molecule has 22 heavy (non-hydrogen) atoms. The van der Waals surface area contributed by atoms with Crippen LogP contribution in [-0.2, 0) is 0 Å². The Morgan fingerprint density at radius 2 is 1.95 bits per heavy atom. The second-order valence-electron chi connectivity index (χ2n) is 4.98. The smallest absolute Gasteiger partial charge is 0.272 e. The zero-order chi connectivity index (χ0) is 16.1. The Morgan fingerprint density at radius 1 is 1.27 bits per heavy atom. The molecule has 1 amide bonds. The predicted molar refractivity (Wildman–Crippen MR) is 94.6 cm³/mol. The third kappa shape index (κ3) is 4.86. The number of H-pyrrole nitrogens is 1.